The van der Waals surface area contributed by atoms with Gasteiger partial charge >= 0.3 is 0 Å². The molecule has 202 valence electrons. The Morgan fingerprint density at radius 2 is 1.11 bits per heavy atom. The van der Waals surface area contributed by atoms with Gasteiger partial charge in [-0.25, -0.2) is 9.97 Å². The number of ether oxygens (including phenoxy) is 4. The van der Waals surface area contributed by atoms with Crippen LogP contribution in [0.2, 0.25) is 0 Å². The maximum Gasteiger partial charge on any atom is 0.259 e. The summed E-state index contributed by atoms with van der Waals surface area (Å²) in [6.07, 6.45) is 0.945. The molecule has 11 nitrogen and oxygen atoms in total. The highest BCUT2D eigenvalue weighted by Gasteiger charge is 2.19. The van der Waals surface area contributed by atoms with Gasteiger partial charge in [0, 0.05) is 12.1 Å². The number of nitrogens with one attached hydrogen (secondary N) is 3. The van der Waals surface area contributed by atoms with Crippen molar-refractivity contribution in [2.75, 3.05) is 35.0 Å². The van der Waals surface area contributed by atoms with Gasteiger partial charge in [-0.1, -0.05) is 13.8 Å². The van der Waals surface area contributed by atoms with Crippen LogP contribution in [0.15, 0.2) is 33.9 Å². The zero-order valence-electron chi connectivity index (χ0n) is 22.6. The van der Waals surface area contributed by atoms with Crippen molar-refractivity contribution in [2.45, 2.75) is 33.4 Å². The Morgan fingerprint density at radius 3 is 1.47 bits per heavy atom. The molecule has 4 rings (SSSR count). The summed E-state index contributed by atoms with van der Waals surface area (Å²) >= 11 is 0. The molecule has 0 saturated carbocycles. The van der Waals surface area contributed by atoms with Gasteiger partial charge in [0.25, 0.3) is 11.1 Å². The first-order chi connectivity index (χ1) is 18.3. The quantitative estimate of drug-likeness (QED) is 0.271. The highest BCUT2D eigenvalue weighted by Crippen LogP contribution is 2.30. The van der Waals surface area contributed by atoms with Crippen LogP contribution in [0.5, 0.6) is 23.0 Å². The first kappa shape index (κ1) is 26.9. The van der Waals surface area contributed by atoms with E-state index in [0.29, 0.717) is 75.5 Å². The van der Waals surface area contributed by atoms with Crippen LogP contribution in [0.4, 0.5) is 0 Å². The summed E-state index contributed by atoms with van der Waals surface area (Å²) in [7, 11) is 6.12. The summed E-state index contributed by atoms with van der Waals surface area (Å²) in [6.45, 7) is 5.96. The van der Waals surface area contributed by atoms with Crippen molar-refractivity contribution in [3.05, 3.63) is 56.6 Å². The van der Waals surface area contributed by atoms with E-state index in [4.69, 9.17) is 28.9 Å². The molecular weight excluding hydrogens is 490 g/mol. The van der Waals surface area contributed by atoms with Crippen molar-refractivity contribution in [1.29, 1.82) is 0 Å². The molecular formula is C27H34N5O6+. The maximum absolute atomic E-state index is 12.9. The molecule has 0 atom stereocenters. The number of aromatic nitrogens is 4. The molecule has 2 aromatic carbocycles. The lowest BCUT2D eigenvalue weighted by molar-refractivity contribution is -0.929. The van der Waals surface area contributed by atoms with Crippen LogP contribution in [-0.4, -0.2) is 54.9 Å². The third-order valence-electron chi connectivity index (χ3n) is 6.43. The fourth-order valence-electron chi connectivity index (χ4n) is 4.40. The normalized spacial score (nSPS) is 11.5. The molecule has 0 aliphatic carbocycles. The summed E-state index contributed by atoms with van der Waals surface area (Å²) in [5, 5.41) is 0.833. The lowest BCUT2D eigenvalue weighted by atomic mass is 10.1. The minimum atomic E-state index is -0.257. The average molecular weight is 525 g/mol. The maximum atomic E-state index is 12.9. The number of rotatable bonds is 11. The van der Waals surface area contributed by atoms with Crippen molar-refractivity contribution in [3.8, 4) is 23.0 Å². The Balaban J connectivity index is 1.69. The molecule has 0 saturated heterocycles. The Labute approximate surface area is 219 Å². The Hall–Kier alpha value is -4.12. The number of quaternary nitrogens is 1. The van der Waals surface area contributed by atoms with Crippen molar-refractivity contribution in [1.82, 2.24) is 19.9 Å². The van der Waals surface area contributed by atoms with E-state index < -0.39 is 0 Å². The van der Waals surface area contributed by atoms with Crippen molar-refractivity contribution in [2.24, 2.45) is 5.92 Å². The number of benzene rings is 2. The number of hydrogen-bond acceptors (Lipinski definition) is 8. The fraction of sp³-hybridized carbons (Fsp3) is 0.407. The van der Waals surface area contributed by atoms with E-state index in [1.54, 1.807) is 38.5 Å². The van der Waals surface area contributed by atoms with E-state index in [9.17, 15) is 9.59 Å². The topological polar surface area (TPSA) is 133 Å². The number of methoxy groups -OCH3 is 4. The van der Waals surface area contributed by atoms with E-state index in [1.807, 2.05) is 0 Å². The van der Waals surface area contributed by atoms with Crippen LogP contribution in [0.3, 0.4) is 0 Å². The number of hydrogen-bond donors (Lipinski definition) is 3. The Morgan fingerprint density at radius 1 is 0.711 bits per heavy atom. The minimum Gasteiger partial charge on any atom is -0.493 e. The van der Waals surface area contributed by atoms with Crippen LogP contribution in [-0.2, 0) is 13.1 Å². The minimum absolute atomic E-state index is 0.257. The molecule has 0 bridgehead atoms. The van der Waals surface area contributed by atoms with Crippen LogP contribution in [0.1, 0.15) is 31.9 Å². The molecule has 0 spiro atoms. The molecule has 0 unspecified atom stereocenters. The van der Waals surface area contributed by atoms with E-state index in [0.717, 1.165) is 17.9 Å². The van der Waals surface area contributed by atoms with Gasteiger partial charge in [0.15, 0.2) is 34.6 Å². The average Bonchev–Trinajstić information content (AvgIpc) is 2.90. The largest absolute Gasteiger partial charge is 0.493 e. The van der Waals surface area contributed by atoms with Crippen LogP contribution < -0.4 is 35.0 Å². The lowest BCUT2D eigenvalue weighted by Gasteiger charge is -2.20. The molecule has 4 aromatic rings. The van der Waals surface area contributed by atoms with E-state index >= 15 is 0 Å². The molecule has 0 aliphatic rings. The van der Waals surface area contributed by atoms with Gasteiger partial charge in [-0.3, -0.25) is 9.59 Å². The second kappa shape index (κ2) is 11.5. The SMILES string of the molecule is COc1cc2nc(C[NH+](CCC(C)C)Cc3nc4cc(OC)c(OC)cc4c(=O)[nH]3)[nH]c(=O)c2cc1OC. The molecule has 2 heterocycles. The first-order valence-electron chi connectivity index (χ1n) is 12.4. The number of aromatic amines is 2. The van der Waals surface area contributed by atoms with Gasteiger partial charge < -0.3 is 33.8 Å². The second-order valence-corrected chi connectivity index (χ2v) is 9.51. The smallest absolute Gasteiger partial charge is 0.259 e. The van der Waals surface area contributed by atoms with Gasteiger partial charge in [-0.05, 0) is 24.5 Å². The van der Waals surface area contributed by atoms with Crippen LogP contribution >= 0.6 is 0 Å². The van der Waals surface area contributed by atoms with E-state index in [1.165, 1.54) is 14.2 Å². The fourth-order valence-corrected chi connectivity index (χ4v) is 4.40. The summed E-state index contributed by atoms with van der Waals surface area (Å²) in [5.41, 5.74) is 0.519. The molecule has 0 radical (unpaired) electrons. The van der Waals surface area contributed by atoms with Gasteiger partial charge in [0.1, 0.15) is 13.1 Å². The molecule has 2 aromatic heterocycles. The van der Waals surface area contributed by atoms with Crippen LogP contribution in [0, 0.1) is 5.92 Å². The van der Waals surface area contributed by atoms with Gasteiger partial charge in [-0.2, -0.15) is 0 Å². The van der Waals surface area contributed by atoms with E-state index in [-0.39, 0.29) is 11.1 Å². The number of H-pyrrole nitrogens is 2. The third-order valence-corrected chi connectivity index (χ3v) is 6.43. The van der Waals surface area contributed by atoms with Crippen molar-refractivity contribution >= 4 is 21.8 Å². The summed E-state index contributed by atoms with van der Waals surface area (Å²) in [5.74, 6) is 3.46. The number of fused-ring (bicyclic) bond motifs is 2. The highest BCUT2D eigenvalue weighted by atomic mass is 16.5. The van der Waals surface area contributed by atoms with Crippen LogP contribution in [0.25, 0.3) is 21.8 Å². The molecule has 0 fully saturated rings. The first-order valence-corrected chi connectivity index (χ1v) is 12.4. The number of nitrogens with zero attached hydrogens (tertiary/aromatic N) is 2. The zero-order chi connectivity index (χ0) is 27.4. The Kier molecular flexibility index (Phi) is 8.16. The molecule has 0 aliphatic heterocycles. The molecule has 3 N–H and O–H groups in total. The summed E-state index contributed by atoms with van der Waals surface area (Å²) in [6, 6.07) is 6.65. The van der Waals surface area contributed by atoms with Crippen molar-refractivity contribution in [3.63, 3.8) is 0 Å². The predicted molar refractivity (Wildman–Crippen MR) is 144 cm³/mol. The standard InChI is InChI=1S/C27H33N5O6/c1-15(2)7-8-32(13-24-28-18-11-22(37-5)20(35-3)9-16(18)26(33)30-24)14-25-29-19-12-23(38-6)21(36-4)10-17(19)27(34)31-25/h9-12,15H,7-8,13-14H2,1-6H3,(H,28,30,33)(H,29,31,34)/p+1. The lowest BCUT2D eigenvalue weighted by Crippen LogP contribution is -3.09. The molecule has 0 amide bonds. The summed E-state index contributed by atoms with van der Waals surface area (Å²) < 4.78 is 21.4. The van der Waals surface area contributed by atoms with Crippen molar-refractivity contribution < 1.29 is 23.8 Å². The third kappa shape index (κ3) is 5.72. The highest BCUT2D eigenvalue weighted by molar-refractivity contribution is 5.82. The van der Waals surface area contributed by atoms with E-state index in [2.05, 4.69) is 23.8 Å². The molecule has 38 heavy (non-hydrogen) atoms. The van der Waals surface area contributed by atoms with Gasteiger partial charge in [-0.15, -0.1) is 0 Å². The monoisotopic (exact) mass is 524 g/mol. The summed E-state index contributed by atoms with van der Waals surface area (Å²) in [4.78, 5) is 42.1. The van der Waals surface area contributed by atoms with Gasteiger partial charge in [0.05, 0.1) is 56.8 Å². The Bertz CT molecular complexity index is 1450. The predicted octanol–water partition coefficient (Wildman–Crippen LogP) is 1.83. The molecule has 11 heteroatoms. The zero-order valence-corrected chi connectivity index (χ0v) is 22.6. The van der Waals surface area contributed by atoms with Gasteiger partial charge in [0.2, 0.25) is 0 Å². The second-order valence-electron chi connectivity index (χ2n) is 9.51.